The maximum atomic E-state index is 6.20. The van der Waals surface area contributed by atoms with E-state index in [1.807, 2.05) is 43.1 Å². The van der Waals surface area contributed by atoms with Gasteiger partial charge < -0.3 is 10.3 Å². The number of nitrogens with zero attached hydrogens (tertiary/aromatic N) is 3. The number of hydrazine groups is 1. The van der Waals surface area contributed by atoms with Crippen molar-refractivity contribution < 1.29 is 0 Å². The van der Waals surface area contributed by atoms with E-state index in [-0.39, 0.29) is 0 Å². The molecule has 0 radical (unpaired) electrons. The minimum atomic E-state index is 0.656. The van der Waals surface area contributed by atoms with Crippen molar-refractivity contribution >= 4 is 23.2 Å². The molecule has 1 aromatic carbocycles. The summed E-state index contributed by atoms with van der Waals surface area (Å²) in [6, 6.07) is 7.79. The van der Waals surface area contributed by atoms with E-state index in [4.69, 9.17) is 17.4 Å². The molecular weight excluding hydrogens is 274 g/mol. The molecule has 0 fully saturated rings. The lowest BCUT2D eigenvalue weighted by Crippen LogP contribution is -2.21. The molecule has 6 heteroatoms. The van der Waals surface area contributed by atoms with Crippen molar-refractivity contribution in [3.63, 3.8) is 0 Å². The Morgan fingerprint density at radius 1 is 1.30 bits per heavy atom. The Morgan fingerprint density at radius 3 is 2.70 bits per heavy atom. The Kier molecular flexibility index (Phi) is 4.76. The lowest BCUT2D eigenvalue weighted by molar-refractivity contribution is 0.870. The van der Waals surface area contributed by atoms with E-state index in [1.54, 1.807) is 0 Å². The van der Waals surface area contributed by atoms with Gasteiger partial charge in [0.2, 0.25) is 0 Å². The standard InChI is InChI=1S/C14H18ClN5/c1-3-11-13(19-16)17-9-18-14(11)20(2)8-10-6-4-5-7-12(10)15/h4-7,9H,3,8,16H2,1-2H3,(H,17,18,19). The normalized spacial score (nSPS) is 10.4. The quantitative estimate of drug-likeness (QED) is 0.655. The average Bonchev–Trinajstić information content (AvgIpc) is 2.48. The molecule has 0 atom stereocenters. The van der Waals surface area contributed by atoms with Crippen LogP contribution in [-0.2, 0) is 13.0 Å². The van der Waals surface area contributed by atoms with Crippen molar-refractivity contribution in [3.8, 4) is 0 Å². The van der Waals surface area contributed by atoms with Crippen LogP contribution in [0.15, 0.2) is 30.6 Å². The van der Waals surface area contributed by atoms with Crippen molar-refractivity contribution in [1.29, 1.82) is 0 Å². The van der Waals surface area contributed by atoms with Gasteiger partial charge in [0, 0.05) is 24.2 Å². The molecule has 0 saturated carbocycles. The first kappa shape index (κ1) is 14.6. The van der Waals surface area contributed by atoms with Gasteiger partial charge in [-0.3, -0.25) is 0 Å². The highest BCUT2D eigenvalue weighted by Crippen LogP contribution is 2.25. The molecule has 0 spiro atoms. The van der Waals surface area contributed by atoms with Gasteiger partial charge in [-0.2, -0.15) is 0 Å². The first-order valence-corrected chi connectivity index (χ1v) is 6.80. The predicted molar refractivity (Wildman–Crippen MR) is 82.8 cm³/mol. The molecule has 0 saturated heterocycles. The lowest BCUT2D eigenvalue weighted by atomic mass is 10.1. The molecule has 2 rings (SSSR count). The van der Waals surface area contributed by atoms with Crippen LogP contribution in [0.1, 0.15) is 18.1 Å². The molecule has 0 aliphatic rings. The van der Waals surface area contributed by atoms with Crippen LogP contribution < -0.4 is 16.2 Å². The van der Waals surface area contributed by atoms with E-state index in [9.17, 15) is 0 Å². The Labute approximate surface area is 123 Å². The smallest absolute Gasteiger partial charge is 0.148 e. The minimum absolute atomic E-state index is 0.656. The molecule has 3 N–H and O–H groups in total. The summed E-state index contributed by atoms with van der Waals surface area (Å²) in [6.07, 6.45) is 2.30. The molecule has 2 aromatic rings. The van der Waals surface area contributed by atoms with Gasteiger partial charge in [-0.1, -0.05) is 36.7 Å². The van der Waals surface area contributed by atoms with Crippen LogP contribution >= 0.6 is 11.6 Å². The van der Waals surface area contributed by atoms with Crippen LogP contribution in [0.25, 0.3) is 0 Å². The fourth-order valence-electron chi connectivity index (χ4n) is 2.14. The number of anilines is 2. The number of aromatic nitrogens is 2. The molecule has 0 amide bonds. The number of rotatable bonds is 5. The van der Waals surface area contributed by atoms with Gasteiger partial charge in [0.05, 0.1) is 0 Å². The Morgan fingerprint density at radius 2 is 2.05 bits per heavy atom. The predicted octanol–water partition coefficient (Wildman–Crippen LogP) is 2.61. The Bertz CT molecular complexity index is 588. The zero-order chi connectivity index (χ0) is 14.5. The van der Waals surface area contributed by atoms with E-state index in [0.29, 0.717) is 12.4 Å². The maximum Gasteiger partial charge on any atom is 0.148 e. The van der Waals surface area contributed by atoms with Crippen LogP contribution in [0.5, 0.6) is 0 Å². The summed E-state index contributed by atoms with van der Waals surface area (Å²) in [7, 11) is 1.98. The van der Waals surface area contributed by atoms with Crippen LogP contribution in [0, 0.1) is 0 Å². The molecule has 0 bridgehead atoms. The summed E-state index contributed by atoms with van der Waals surface area (Å²) < 4.78 is 0. The van der Waals surface area contributed by atoms with Crippen molar-refractivity contribution in [1.82, 2.24) is 9.97 Å². The Hall–Kier alpha value is -1.85. The van der Waals surface area contributed by atoms with E-state index in [2.05, 4.69) is 15.4 Å². The summed E-state index contributed by atoms with van der Waals surface area (Å²) in [5.41, 5.74) is 4.66. The van der Waals surface area contributed by atoms with Gasteiger partial charge in [-0.25, -0.2) is 15.8 Å². The van der Waals surface area contributed by atoms with E-state index >= 15 is 0 Å². The molecular formula is C14H18ClN5. The van der Waals surface area contributed by atoms with Crippen LogP contribution in [0.3, 0.4) is 0 Å². The molecule has 0 unspecified atom stereocenters. The lowest BCUT2D eigenvalue weighted by Gasteiger charge is -2.22. The highest BCUT2D eigenvalue weighted by Gasteiger charge is 2.13. The van der Waals surface area contributed by atoms with Crippen molar-refractivity contribution in [2.75, 3.05) is 17.4 Å². The van der Waals surface area contributed by atoms with E-state index in [0.717, 1.165) is 28.4 Å². The number of hydrogen-bond donors (Lipinski definition) is 2. The van der Waals surface area contributed by atoms with Gasteiger partial charge in [-0.05, 0) is 18.1 Å². The van der Waals surface area contributed by atoms with E-state index < -0.39 is 0 Å². The molecule has 1 aromatic heterocycles. The second-order valence-corrected chi connectivity index (χ2v) is 4.88. The third-order valence-electron chi connectivity index (χ3n) is 3.14. The zero-order valence-corrected chi connectivity index (χ0v) is 12.4. The number of halogens is 1. The monoisotopic (exact) mass is 291 g/mol. The summed E-state index contributed by atoms with van der Waals surface area (Å²) in [6.45, 7) is 2.72. The maximum absolute atomic E-state index is 6.20. The second kappa shape index (κ2) is 6.54. The third kappa shape index (κ3) is 3.00. The Balaban J connectivity index is 2.30. The average molecular weight is 292 g/mol. The van der Waals surface area contributed by atoms with E-state index in [1.165, 1.54) is 6.33 Å². The van der Waals surface area contributed by atoms with Crippen molar-refractivity contribution in [2.24, 2.45) is 5.84 Å². The molecule has 0 aliphatic heterocycles. The molecule has 106 valence electrons. The highest BCUT2D eigenvalue weighted by molar-refractivity contribution is 6.31. The number of nitrogens with two attached hydrogens (primary N) is 1. The number of hydrogen-bond acceptors (Lipinski definition) is 5. The first-order chi connectivity index (χ1) is 9.67. The SMILES string of the molecule is CCc1c(NN)ncnc1N(C)Cc1ccccc1Cl. The molecule has 5 nitrogen and oxygen atoms in total. The number of benzene rings is 1. The molecule has 0 aliphatic carbocycles. The topological polar surface area (TPSA) is 67.1 Å². The summed E-state index contributed by atoms with van der Waals surface area (Å²) in [5, 5.41) is 0.753. The van der Waals surface area contributed by atoms with Gasteiger partial charge in [0.1, 0.15) is 18.0 Å². The van der Waals surface area contributed by atoms with Crippen molar-refractivity contribution in [2.45, 2.75) is 19.9 Å². The zero-order valence-electron chi connectivity index (χ0n) is 11.6. The second-order valence-electron chi connectivity index (χ2n) is 4.47. The van der Waals surface area contributed by atoms with Crippen LogP contribution in [0.4, 0.5) is 11.6 Å². The van der Waals surface area contributed by atoms with Gasteiger partial charge in [-0.15, -0.1) is 0 Å². The highest BCUT2D eigenvalue weighted by atomic mass is 35.5. The fourth-order valence-corrected chi connectivity index (χ4v) is 2.33. The number of nitrogen functional groups attached to an aromatic ring is 1. The van der Waals surface area contributed by atoms with Crippen LogP contribution in [-0.4, -0.2) is 17.0 Å². The largest absolute Gasteiger partial charge is 0.355 e. The van der Waals surface area contributed by atoms with Gasteiger partial charge in [0.25, 0.3) is 0 Å². The summed E-state index contributed by atoms with van der Waals surface area (Å²) >= 11 is 6.20. The molecule has 20 heavy (non-hydrogen) atoms. The van der Waals surface area contributed by atoms with Gasteiger partial charge in [0.15, 0.2) is 0 Å². The fraction of sp³-hybridized carbons (Fsp3) is 0.286. The first-order valence-electron chi connectivity index (χ1n) is 6.42. The van der Waals surface area contributed by atoms with Gasteiger partial charge >= 0.3 is 0 Å². The minimum Gasteiger partial charge on any atom is -0.355 e. The summed E-state index contributed by atoms with van der Waals surface area (Å²) in [4.78, 5) is 10.5. The third-order valence-corrected chi connectivity index (χ3v) is 3.51. The molecule has 1 heterocycles. The summed E-state index contributed by atoms with van der Waals surface area (Å²) in [5.74, 6) is 7.00. The van der Waals surface area contributed by atoms with Crippen LogP contribution in [0.2, 0.25) is 5.02 Å². The van der Waals surface area contributed by atoms with Crippen molar-refractivity contribution in [3.05, 3.63) is 46.7 Å². The number of nitrogens with one attached hydrogen (secondary N) is 1.